The van der Waals surface area contributed by atoms with Crippen LogP contribution in [0, 0.1) is 11.7 Å². The van der Waals surface area contributed by atoms with Gasteiger partial charge in [-0.2, -0.15) is 5.10 Å². The molecule has 1 aliphatic rings. The van der Waals surface area contributed by atoms with Gasteiger partial charge in [0.25, 0.3) is 5.56 Å². The molecule has 0 aliphatic heterocycles. The molecule has 6 heteroatoms. The van der Waals surface area contributed by atoms with Crippen molar-refractivity contribution in [2.75, 3.05) is 0 Å². The van der Waals surface area contributed by atoms with Crippen molar-refractivity contribution in [3.63, 3.8) is 0 Å². The zero-order valence-corrected chi connectivity index (χ0v) is 17.3. The fourth-order valence-electron chi connectivity index (χ4n) is 4.86. The van der Waals surface area contributed by atoms with Gasteiger partial charge < -0.3 is 4.57 Å². The predicted octanol–water partition coefficient (Wildman–Crippen LogP) is 5.16. The van der Waals surface area contributed by atoms with Crippen LogP contribution in [0.25, 0.3) is 27.7 Å². The van der Waals surface area contributed by atoms with Gasteiger partial charge in [-0.05, 0) is 48.9 Å². The maximum Gasteiger partial charge on any atom is 0.261 e. The van der Waals surface area contributed by atoms with Crippen LogP contribution in [0.1, 0.15) is 51.3 Å². The zero-order chi connectivity index (χ0) is 20.8. The summed E-state index contributed by atoms with van der Waals surface area (Å²) in [5, 5.41) is 5.35. The Kier molecular flexibility index (Phi) is 4.65. The van der Waals surface area contributed by atoms with E-state index in [1.807, 2.05) is 23.8 Å². The Morgan fingerprint density at radius 2 is 1.90 bits per heavy atom. The van der Waals surface area contributed by atoms with Gasteiger partial charge in [-0.1, -0.05) is 38.8 Å². The number of pyridine rings is 1. The summed E-state index contributed by atoms with van der Waals surface area (Å²) in [5.41, 5.74) is 4.09. The van der Waals surface area contributed by atoms with Crippen LogP contribution in [0.2, 0.25) is 0 Å². The lowest BCUT2D eigenvalue weighted by Crippen LogP contribution is -2.30. The topological polar surface area (TPSA) is 52.2 Å². The minimum atomic E-state index is -0.274. The quantitative estimate of drug-likeness (QED) is 0.474. The van der Waals surface area contributed by atoms with Gasteiger partial charge in [-0.15, -0.1) is 0 Å². The molecule has 154 valence electrons. The summed E-state index contributed by atoms with van der Waals surface area (Å²) in [6.07, 6.45) is 8.91. The maximum atomic E-state index is 13.4. The molecule has 3 heterocycles. The van der Waals surface area contributed by atoms with Gasteiger partial charge in [0.1, 0.15) is 5.82 Å². The van der Waals surface area contributed by atoms with E-state index in [1.165, 1.54) is 18.6 Å². The van der Waals surface area contributed by atoms with Crippen LogP contribution in [0.15, 0.2) is 47.5 Å². The summed E-state index contributed by atoms with van der Waals surface area (Å²) in [6, 6.07) is 8.62. The number of rotatable bonds is 3. The number of aryl methyl sites for hydroxylation is 1. The third-order valence-electron chi connectivity index (χ3n) is 6.50. The lowest BCUT2D eigenvalue weighted by molar-refractivity contribution is 0.253. The standard InChI is InChI=1S/C24H25FN4O/c1-3-19-22(16-8-10-17(25)11-9-16)23-26-14-18-21(29(23)27-19)12-13-28(24(18)30)20-7-5-4-6-15(20)2/h8-15,20H,3-7H2,1-2H3/t15-,20-/m0/s1. The summed E-state index contributed by atoms with van der Waals surface area (Å²) in [4.78, 5) is 18.0. The minimum Gasteiger partial charge on any atom is -0.312 e. The summed E-state index contributed by atoms with van der Waals surface area (Å²) in [6.45, 7) is 4.27. The van der Waals surface area contributed by atoms with E-state index in [-0.39, 0.29) is 17.4 Å². The Hall–Kier alpha value is -3.02. The van der Waals surface area contributed by atoms with E-state index < -0.39 is 0 Å². The first kappa shape index (κ1) is 19.0. The molecule has 1 saturated carbocycles. The van der Waals surface area contributed by atoms with Gasteiger partial charge >= 0.3 is 0 Å². The molecule has 1 aromatic carbocycles. The molecule has 0 saturated heterocycles. The molecule has 0 unspecified atom stereocenters. The molecule has 4 aromatic rings. The molecule has 0 radical (unpaired) electrons. The number of hydrogen-bond acceptors (Lipinski definition) is 3. The fraction of sp³-hybridized carbons (Fsp3) is 0.375. The van der Waals surface area contributed by atoms with E-state index in [4.69, 9.17) is 5.10 Å². The van der Waals surface area contributed by atoms with Gasteiger partial charge in [0.15, 0.2) is 5.65 Å². The van der Waals surface area contributed by atoms with Crippen molar-refractivity contribution in [2.24, 2.45) is 5.92 Å². The molecular weight excluding hydrogens is 379 g/mol. The second-order valence-corrected chi connectivity index (χ2v) is 8.33. The van der Waals surface area contributed by atoms with E-state index in [1.54, 1.807) is 22.8 Å². The van der Waals surface area contributed by atoms with Crippen LogP contribution in [-0.2, 0) is 6.42 Å². The van der Waals surface area contributed by atoms with E-state index >= 15 is 0 Å². The molecule has 0 amide bonds. The van der Waals surface area contributed by atoms with Crippen molar-refractivity contribution < 1.29 is 4.39 Å². The van der Waals surface area contributed by atoms with Crippen molar-refractivity contribution in [2.45, 2.75) is 52.0 Å². The third kappa shape index (κ3) is 2.93. The summed E-state index contributed by atoms with van der Waals surface area (Å²) in [7, 11) is 0. The Balaban J connectivity index is 1.72. The lowest BCUT2D eigenvalue weighted by atomic mass is 9.85. The molecule has 30 heavy (non-hydrogen) atoms. The highest BCUT2D eigenvalue weighted by molar-refractivity contribution is 5.86. The summed E-state index contributed by atoms with van der Waals surface area (Å²) >= 11 is 0. The monoisotopic (exact) mass is 404 g/mol. The first-order chi connectivity index (χ1) is 14.6. The number of benzene rings is 1. The van der Waals surface area contributed by atoms with Gasteiger partial charge in [0, 0.05) is 24.0 Å². The van der Waals surface area contributed by atoms with Crippen LogP contribution < -0.4 is 5.56 Å². The van der Waals surface area contributed by atoms with Crippen LogP contribution in [0.3, 0.4) is 0 Å². The first-order valence-corrected chi connectivity index (χ1v) is 10.8. The molecular formula is C24H25FN4O. The van der Waals surface area contributed by atoms with E-state index in [0.29, 0.717) is 23.4 Å². The van der Waals surface area contributed by atoms with Crippen molar-refractivity contribution in [3.8, 4) is 11.1 Å². The smallest absolute Gasteiger partial charge is 0.261 e. The Labute approximate surface area is 174 Å². The van der Waals surface area contributed by atoms with Crippen molar-refractivity contribution in [1.82, 2.24) is 19.2 Å². The van der Waals surface area contributed by atoms with Crippen molar-refractivity contribution in [1.29, 1.82) is 0 Å². The maximum absolute atomic E-state index is 13.4. The molecule has 5 rings (SSSR count). The first-order valence-electron chi connectivity index (χ1n) is 10.8. The van der Waals surface area contributed by atoms with E-state index in [0.717, 1.165) is 41.6 Å². The average molecular weight is 404 g/mol. The highest BCUT2D eigenvalue weighted by Crippen LogP contribution is 2.33. The SMILES string of the molecule is CCc1nn2c(ncc3c(=O)n([C@H]4CCCC[C@@H]4C)ccc32)c1-c1ccc(F)cc1. The lowest BCUT2D eigenvalue weighted by Gasteiger charge is -2.30. The molecule has 2 atom stereocenters. The summed E-state index contributed by atoms with van der Waals surface area (Å²) in [5.74, 6) is 0.219. The highest BCUT2D eigenvalue weighted by atomic mass is 19.1. The van der Waals surface area contributed by atoms with Crippen molar-refractivity contribution >= 4 is 16.6 Å². The van der Waals surface area contributed by atoms with Crippen LogP contribution in [0.5, 0.6) is 0 Å². The van der Waals surface area contributed by atoms with Crippen LogP contribution in [-0.4, -0.2) is 19.2 Å². The van der Waals surface area contributed by atoms with Crippen molar-refractivity contribution in [3.05, 3.63) is 64.6 Å². The number of fused-ring (bicyclic) bond motifs is 3. The molecule has 1 aliphatic carbocycles. The van der Waals surface area contributed by atoms with Gasteiger partial charge in [0.05, 0.1) is 16.6 Å². The Bertz CT molecular complexity index is 1290. The Morgan fingerprint density at radius 3 is 2.63 bits per heavy atom. The zero-order valence-electron chi connectivity index (χ0n) is 17.3. The second kappa shape index (κ2) is 7.35. The minimum absolute atomic E-state index is 0.00229. The Morgan fingerprint density at radius 1 is 1.13 bits per heavy atom. The highest BCUT2D eigenvalue weighted by Gasteiger charge is 2.25. The number of halogens is 1. The molecule has 0 bridgehead atoms. The van der Waals surface area contributed by atoms with Crippen LogP contribution >= 0.6 is 0 Å². The van der Waals surface area contributed by atoms with E-state index in [2.05, 4.69) is 11.9 Å². The van der Waals surface area contributed by atoms with Gasteiger partial charge in [-0.25, -0.2) is 13.9 Å². The van der Waals surface area contributed by atoms with E-state index in [9.17, 15) is 9.18 Å². The molecule has 0 N–H and O–H groups in total. The number of aromatic nitrogens is 4. The number of nitrogens with zero attached hydrogens (tertiary/aromatic N) is 4. The average Bonchev–Trinajstić information content (AvgIpc) is 3.14. The van der Waals surface area contributed by atoms with Gasteiger partial charge in [0.2, 0.25) is 0 Å². The molecule has 5 nitrogen and oxygen atoms in total. The normalized spacial score (nSPS) is 19.6. The largest absolute Gasteiger partial charge is 0.312 e. The number of hydrogen-bond donors (Lipinski definition) is 0. The summed E-state index contributed by atoms with van der Waals surface area (Å²) < 4.78 is 17.1. The third-order valence-corrected chi connectivity index (χ3v) is 6.50. The van der Waals surface area contributed by atoms with Gasteiger partial charge in [-0.3, -0.25) is 4.79 Å². The second-order valence-electron chi connectivity index (χ2n) is 8.33. The van der Waals surface area contributed by atoms with Crippen LogP contribution in [0.4, 0.5) is 4.39 Å². The molecule has 0 spiro atoms. The molecule has 1 fully saturated rings. The molecule has 3 aromatic heterocycles. The predicted molar refractivity (Wildman–Crippen MR) is 116 cm³/mol. The fourth-order valence-corrected chi connectivity index (χ4v) is 4.86.